The molecule has 84 valence electrons. The van der Waals surface area contributed by atoms with Gasteiger partial charge in [0.05, 0.1) is 5.69 Å². The quantitative estimate of drug-likeness (QED) is 0.648. The van der Waals surface area contributed by atoms with Crippen LogP contribution in [-0.2, 0) is 11.8 Å². The number of primary amides is 1. The largest absolute Gasteiger partial charge is 0.394 e. The summed E-state index contributed by atoms with van der Waals surface area (Å²) in [5.41, 5.74) is 11.5. The molecule has 0 spiro atoms. The molecule has 1 unspecified atom stereocenters. The topological polar surface area (TPSA) is 99.0 Å². The van der Waals surface area contributed by atoms with E-state index in [2.05, 4.69) is 10.4 Å². The minimum atomic E-state index is -0.456. The summed E-state index contributed by atoms with van der Waals surface area (Å²) in [7, 11) is 1.76. The highest BCUT2D eigenvalue weighted by Crippen LogP contribution is 2.17. The van der Waals surface area contributed by atoms with Crippen LogP contribution in [0.1, 0.15) is 13.8 Å². The first-order valence-corrected chi connectivity index (χ1v) is 4.76. The summed E-state index contributed by atoms with van der Waals surface area (Å²) in [6, 6.07) is -0.456. The van der Waals surface area contributed by atoms with Gasteiger partial charge in [-0.15, -0.1) is 0 Å². The van der Waals surface area contributed by atoms with Gasteiger partial charge in [-0.1, -0.05) is 13.8 Å². The highest BCUT2D eigenvalue weighted by molar-refractivity contribution is 5.83. The van der Waals surface area contributed by atoms with E-state index in [-0.39, 0.29) is 5.92 Å². The summed E-state index contributed by atoms with van der Waals surface area (Å²) in [6.45, 7) is 3.81. The summed E-state index contributed by atoms with van der Waals surface area (Å²) in [4.78, 5) is 11.1. The molecule has 1 atom stereocenters. The number of hydrogen-bond acceptors (Lipinski definition) is 4. The number of aromatic nitrogens is 2. The molecule has 1 heterocycles. The van der Waals surface area contributed by atoms with E-state index in [0.717, 1.165) is 0 Å². The Kier molecular flexibility index (Phi) is 3.18. The van der Waals surface area contributed by atoms with Gasteiger partial charge in [-0.2, -0.15) is 5.10 Å². The van der Waals surface area contributed by atoms with Crippen LogP contribution in [0.2, 0.25) is 0 Å². The normalized spacial score (nSPS) is 12.8. The second kappa shape index (κ2) is 4.20. The number of nitrogens with zero attached hydrogens (tertiary/aromatic N) is 2. The maximum Gasteiger partial charge on any atom is 0.240 e. The average Bonchev–Trinajstić information content (AvgIpc) is 2.39. The number of rotatable bonds is 4. The van der Waals surface area contributed by atoms with Crippen LogP contribution in [0.3, 0.4) is 0 Å². The lowest BCUT2D eigenvalue weighted by Crippen LogP contribution is -2.39. The fourth-order valence-electron chi connectivity index (χ4n) is 1.33. The van der Waals surface area contributed by atoms with Crippen molar-refractivity contribution in [1.82, 2.24) is 9.78 Å². The van der Waals surface area contributed by atoms with E-state index >= 15 is 0 Å². The molecule has 0 aromatic carbocycles. The van der Waals surface area contributed by atoms with Crippen LogP contribution in [0.4, 0.5) is 11.5 Å². The summed E-state index contributed by atoms with van der Waals surface area (Å²) >= 11 is 0. The first-order valence-electron chi connectivity index (χ1n) is 4.76. The number of anilines is 2. The Morgan fingerprint density at radius 1 is 1.60 bits per heavy atom. The zero-order valence-electron chi connectivity index (χ0n) is 9.19. The van der Waals surface area contributed by atoms with E-state index in [1.54, 1.807) is 17.9 Å². The highest BCUT2D eigenvalue weighted by atomic mass is 16.1. The number of carbonyl (C=O) groups is 1. The highest BCUT2D eigenvalue weighted by Gasteiger charge is 2.21. The van der Waals surface area contributed by atoms with Crippen molar-refractivity contribution in [3.63, 3.8) is 0 Å². The Labute approximate surface area is 88.6 Å². The molecule has 1 rings (SSSR count). The van der Waals surface area contributed by atoms with Crippen molar-refractivity contribution < 1.29 is 4.79 Å². The molecule has 6 nitrogen and oxygen atoms in total. The van der Waals surface area contributed by atoms with Gasteiger partial charge in [0.15, 0.2) is 5.82 Å². The third kappa shape index (κ3) is 2.61. The van der Waals surface area contributed by atoms with Crippen LogP contribution in [-0.4, -0.2) is 21.7 Å². The van der Waals surface area contributed by atoms with E-state index < -0.39 is 11.9 Å². The fourth-order valence-corrected chi connectivity index (χ4v) is 1.33. The fraction of sp³-hybridized carbons (Fsp3) is 0.556. The van der Waals surface area contributed by atoms with Crippen molar-refractivity contribution in [2.45, 2.75) is 19.9 Å². The lowest BCUT2D eigenvalue weighted by Gasteiger charge is -2.18. The van der Waals surface area contributed by atoms with Gasteiger partial charge in [0.2, 0.25) is 5.91 Å². The Morgan fingerprint density at radius 2 is 2.20 bits per heavy atom. The first-order chi connectivity index (χ1) is 6.91. The Bertz CT molecular complexity index is 357. The third-order valence-electron chi connectivity index (χ3n) is 2.12. The Morgan fingerprint density at radius 3 is 2.53 bits per heavy atom. The zero-order chi connectivity index (χ0) is 11.6. The molecule has 0 aliphatic rings. The standard InChI is InChI=1S/C9H17N5O/c1-5(2)7(8(11)15)12-9-6(10)4-14(3)13-9/h4-5,7H,10H2,1-3H3,(H2,11,15)(H,12,13). The van der Waals surface area contributed by atoms with Gasteiger partial charge in [-0.05, 0) is 5.92 Å². The molecule has 0 aliphatic carbocycles. The molecule has 6 heteroatoms. The number of amides is 1. The molecular formula is C9H17N5O. The van der Waals surface area contributed by atoms with Gasteiger partial charge in [0.25, 0.3) is 0 Å². The van der Waals surface area contributed by atoms with Gasteiger partial charge >= 0.3 is 0 Å². The summed E-state index contributed by atoms with van der Waals surface area (Å²) < 4.78 is 1.58. The smallest absolute Gasteiger partial charge is 0.240 e. The van der Waals surface area contributed by atoms with E-state index in [1.165, 1.54) is 0 Å². The summed E-state index contributed by atoms with van der Waals surface area (Å²) in [5, 5.41) is 7.02. The molecule has 0 aliphatic heterocycles. The van der Waals surface area contributed by atoms with Gasteiger partial charge in [0.1, 0.15) is 6.04 Å². The van der Waals surface area contributed by atoms with E-state index in [0.29, 0.717) is 11.5 Å². The van der Waals surface area contributed by atoms with Crippen molar-refractivity contribution in [2.24, 2.45) is 18.7 Å². The monoisotopic (exact) mass is 211 g/mol. The van der Waals surface area contributed by atoms with Crippen molar-refractivity contribution in [3.05, 3.63) is 6.20 Å². The Balaban J connectivity index is 2.83. The minimum absolute atomic E-state index is 0.0870. The second-order valence-corrected chi connectivity index (χ2v) is 3.88. The lowest BCUT2D eigenvalue weighted by molar-refractivity contribution is -0.119. The molecule has 15 heavy (non-hydrogen) atoms. The number of nitrogens with one attached hydrogen (secondary N) is 1. The molecule has 0 saturated heterocycles. The summed E-state index contributed by atoms with van der Waals surface area (Å²) in [6.07, 6.45) is 1.67. The number of carbonyl (C=O) groups excluding carboxylic acids is 1. The van der Waals surface area contributed by atoms with Crippen LogP contribution >= 0.6 is 0 Å². The first kappa shape index (κ1) is 11.4. The lowest BCUT2D eigenvalue weighted by atomic mass is 10.0. The zero-order valence-corrected chi connectivity index (χ0v) is 9.19. The van der Waals surface area contributed by atoms with Crippen molar-refractivity contribution >= 4 is 17.4 Å². The van der Waals surface area contributed by atoms with Gasteiger partial charge < -0.3 is 16.8 Å². The van der Waals surface area contributed by atoms with E-state index in [1.807, 2.05) is 13.8 Å². The van der Waals surface area contributed by atoms with Crippen LogP contribution in [0, 0.1) is 5.92 Å². The van der Waals surface area contributed by atoms with Gasteiger partial charge in [-0.25, -0.2) is 0 Å². The molecule has 0 bridgehead atoms. The maximum atomic E-state index is 11.1. The van der Waals surface area contributed by atoms with Crippen LogP contribution < -0.4 is 16.8 Å². The number of nitrogens with two attached hydrogens (primary N) is 2. The molecule has 1 aromatic rings. The second-order valence-electron chi connectivity index (χ2n) is 3.88. The minimum Gasteiger partial charge on any atom is -0.394 e. The third-order valence-corrected chi connectivity index (χ3v) is 2.12. The molecule has 0 radical (unpaired) electrons. The summed E-state index contributed by atoms with van der Waals surface area (Å²) in [5.74, 6) is 0.175. The molecule has 1 amide bonds. The van der Waals surface area contributed by atoms with Crippen LogP contribution in [0.25, 0.3) is 0 Å². The molecule has 0 fully saturated rings. The molecular weight excluding hydrogens is 194 g/mol. The van der Waals surface area contributed by atoms with Gasteiger partial charge in [0, 0.05) is 13.2 Å². The molecule has 1 aromatic heterocycles. The predicted octanol–water partition coefficient (Wildman–Crippen LogP) is -0.0759. The maximum absolute atomic E-state index is 11.1. The van der Waals surface area contributed by atoms with Gasteiger partial charge in [-0.3, -0.25) is 9.48 Å². The molecule has 0 saturated carbocycles. The molecule has 5 N–H and O–H groups in total. The van der Waals surface area contributed by atoms with Crippen LogP contribution in [0.5, 0.6) is 0 Å². The van der Waals surface area contributed by atoms with E-state index in [4.69, 9.17) is 11.5 Å². The van der Waals surface area contributed by atoms with Crippen molar-refractivity contribution in [2.75, 3.05) is 11.1 Å². The van der Waals surface area contributed by atoms with E-state index in [9.17, 15) is 4.79 Å². The predicted molar refractivity (Wildman–Crippen MR) is 59.1 cm³/mol. The van der Waals surface area contributed by atoms with Crippen molar-refractivity contribution in [1.29, 1.82) is 0 Å². The number of aryl methyl sites for hydroxylation is 1. The Hall–Kier alpha value is -1.72. The SMILES string of the molecule is CC(C)C(Nc1nn(C)cc1N)C(N)=O. The average molecular weight is 211 g/mol. The number of nitrogen functional groups attached to an aromatic ring is 1. The van der Waals surface area contributed by atoms with Crippen LogP contribution in [0.15, 0.2) is 6.20 Å². The van der Waals surface area contributed by atoms with Crippen molar-refractivity contribution in [3.8, 4) is 0 Å². The number of hydrogen-bond donors (Lipinski definition) is 3.